The summed E-state index contributed by atoms with van der Waals surface area (Å²) in [5, 5.41) is 9.07. The van der Waals surface area contributed by atoms with E-state index in [-0.39, 0.29) is 29.8 Å². The first-order chi connectivity index (χ1) is 12.3. The second-order valence-corrected chi connectivity index (χ2v) is 9.03. The summed E-state index contributed by atoms with van der Waals surface area (Å²) in [7, 11) is -3.55. The van der Waals surface area contributed by atoms with Gasteiger partial charge in [0, 0.05) is 32.1 Å². The van der Waals surface area contributed by atoms with Crippen LogP contribution in [0.2, 0.25) is 0 Å². The number of rotatable bonds is 4. The summed E-state index contributed by atoms with van der Waals surface area (Å²) in [5.74, 6) is -1.57. The second kappa shape index (κ2) is 7.36. The molecule has 2 unspecified atom stereocenters. The van der Waals surface area contributed by atoms with Crippen molar-refractivity contribution in [2.45, 2.75) is 31.1 Å². The van der Waals surface area contributed by atoms with Gasteiger partial charge in [-0.3, -0.25) is 9.59 Å². The van der Waals surface area contributed by atoms with Crippen LogP contribution in [0.5, 0.6) is 0 Å². The number of piperazine rings is 1. The number of nitrogens with zero attached hydrogens (tertiary/aromatic N) is 2. The van der Waals surface area contributed by atoms with Crippen molar-refractivity contribution < 1.29 is 23.1 Å². The molecule has 1 aromatic carbocycles. The maximum atomic E-state index is 12.7. The SMILES string of the molecule is Cc1ccc(S(=O)(=O)N2CCN(C(=O)C3CCC(C(=O)O)C3)CC2)cc1. The van der Waals surface area contributed by atoms with Crippen molar-refractivity contribution in [2.75, 3.05) is 26.2 Å². The zero-order chi connectivity index (χ0) is 18.9. The Bertz CT molecular complexity index is 782. The predicted octanol–water partition coefficient (Wildman–Crippen LogP) is 1.33. The molecule has 1 saturated carbocycles. The topological polar surface area (TPSA) is 95.0 Å². The average Bonchev–Trinajstić information content (AvgIpc) is 3.12. The fraction of sp³-hybridized carbons (Fsp3) is 0.556. The summed E-state index contributed by atoms with van der Waals surface area (Å²) in [6, 6.07) is 6.75. The summed E-state index contributed by atoms with van der Waals surface area (Å²) in [6.45, 7) is 3.11. The molecule has 2 aliphatic rings. The highest BCUT2D eigenvalue weighted by Crippen LogP contribution is 2.32. The third-order valence-corrected chi connectivity index (χ3v) is 7.25. The van der Waals surface area contributed by atoms with Crippen molar-refractivity contribution in [3.63, 3.8) is 0 Å². The molecule has 0 radical (unpaired) electrons. The molecule has 1 heterocycles. The quantitative estimate of drug-likeness (QED) is 0.850. The minimum Gasteiger partial charge on any atom is -0.481 e. The van der Waals surface area contributed by atoms with Gasteiger partial charge in [0.25, 0.3) is 0 Å². The normalized spacial score (nSPS) is 24.6. The standard InChI is InChI=1S/C18H24N2O5S/c1-13-2-6-16(7-3-13)26(24,25)20-10-8-19(9-11-20)17(21)14-4-5-15(12-14)18(22)23/h2-3,6-7,14-15H,4-5,8-12H2,1H3,(H,22,23). The Hall–Kier alpha value is -1.93. The van der Waals surface area contributed by atoms with E-state index in [1.54, 1.807) is 29.2 Å². The molecule has 0 spiro atoms. The van der Waals surface area contributed by atoms with Crippen LogP contribution >= 0.6 is 0 Å². The van der Waals surface area contributed by atoms with E-state index in [0.29, 0.717) is 32.4 Å². The first kappa shape index (κ1) is 18.8. The number of carboxylic acid groups (broad SMARTS) is 1. The Labute approximate surface area is 153 Å². The molecule has 1 N–H and O–H groups in total. The molecule has 8 heteroatoms. The largest absolute Gasteiger partial charge is 0.481 e. The Kier molecular flexibility index (Phi) is 5.34. The molecule has 0 bridgehead atoms. The molecule has 3 rings (SSSR count). The third-order valence-electron chi connectivity index (χ3n) is 5.34. The fourth-order valence-corrected chi connectivity index (χ4v) is 5.12. The van der Waals surface area contributed by atoms with Gasteiger partial charge in [-0.1, -0.05) is 17.7 Å². The van der Waals surface area contributed by atoms with Gasteiger partial charge >= 0.3 is 5.97 Å². The van der Waals surface area contributed by atoms with Crippen LogP contribution in [0.15, 0.2) is 29.2 Å². The van der Waals surface area contributed by atoms with E-state index in [9.17, 15) is 18.0 Å². The number of hydrogen-bond donors (Lipinski definition) is 1. The molecular weight excluding hydrogens is 356 g/mol. The van der Waals surface area contributed by atoms with Crippen molar-refractivity contribution in [3.05, 3.63) is 29.8 Å². The van der Waals surface area contributed by atoms with Crippen LogP contribution < -0.4 is 0 Å². The zero-order valence-electron chi connectivity index (χ0n) is 14.8. The summed E-state index contributed by atoms with van der Waals surface area (Å²) in [5.41, 5.74) is 0.996. The smallest absolute Gasteiger partial charge is 0.306 e. The number of carbonyl (C=O) groups excluding carboxylic acids is 1. The minimum absolute atomic E-state index is 0.0406. The summed E-state index contributed by atoms with van der Waals surface area (Å²) in [6.07, 6.45) is 1.52. The fourth-order valence-electron chi connectivity index (χ4n) is 3.70. The Morgan fingerprint density at radius 1 is 1.00 bits per heavy atom. The molecular formula is C18H24N2O5S. The van der Waals surface area contributed by atoms with Crippen LogP contribution in [0.4, 0.5) is 0 Å². The number of aliphatic carboxylic acids is 1. The van der Waals surface area contributed by atoms with Gasteiger partial charge < -0.3 is 10.0 Å². The monoisotopic (exact) mass is 380 g/mol. The van der Waals surface area contributed by atoms with Crippen molar-refractivity contribution in [1.82, 2.24) is 9.21 Å². The number of carboxylic acids is 1. The predicted molar refractivity (Wildman–Crippen MR) is 95.0 cm³/mol. The highest BCUT2D eigenvalue weighted by molar-refractivity contribution is 7.89. The van der Waals surface area contributed by atoms with Gasteiger partial charge in [-0.2, -0.15) is 4.31 Å². The van der Waals surface area contributed by atoms with Gasteiger partial charge in [0.2, 0.25) is 15.9 Å². The van der Waals surface area contributed by atoms with Crippen LogP contribution in [0.3, 0.4) is 0 Å². The van der Waals surface area contributed by atoms with Crippen LogP contribution in [-0.4, -0.2) is 60.8 Å². The molecule has 26 heavy (non-hydrogen) atoms. The molecule has 2 fully saturated rings. The number of aryl methyl sites for hydroxylation is 1. The summed E-state index contributed by atoms with van der Waals surface area (Å²) in [4.78, 5) is 25.6. The lowest BCUT2D eigenvalue weighted by atomic mass is 10.0. The van der Waals surface area contributed by atoms with Crippen LogP contribution in [-0.2, 0) is 19.6 Å². The molecule has 1 saturated heterocycles. The van der Waals surface area contributed by atoms with E-state index < -0.39 is 21.9 Å². The molecule has 2 atom stereocenters. The molecule has 142 valence electrons. The molecule has 1 aliphatic carbocycles. The molecule has 7 nitrogen and oxygen atoms in total. The van der Waals surface area contributed by atoms with Gasteiger partial charge in [0.05, 0.1) is 10.8 Å². The Balaban J connectivity index is 1.59. The van der Waals surface area contributed by atoms with Gasteiger partial charge in [0.1, 0.15) is 0 Å². The third kappa shape index (κ3) is 3.76. The van der Waals surface area contributed by atoms with Gasteiger partial charge in [-0.25, -0.2) is 8.42 Å². The van der Waals surface area contributed by atoms with Crippen molar-refractivity contribution in [2.24, 2.45) is 11.8 Å². The lowest BCUT2D eigenvalue weighted by Crippen LogP contribution is -2.51. The van der Waals surface area contributed by atoms with E-state index in [2.05, 4.69) is 0 Å². The first-order valence-electron chi connectivity index (χ1n) is 8.87. The summed E-state index contributed by atoms with van der Waals surface area (Å²) < 4.78 is 26.8. The maximum absolute atomic E-state index is 12.7. The van der Waals surface area contributed by atoms with E-state index in [1.165, 1.54) is 4.31 Å². The van der Waals surface area contributed by atoms with Crippen molar-refractivity contribution in [1.29, 1.82) is 0 Å². The van der Waals surface area contributed by atoms with Gasteiger partial charge in [-0.15, -0.1) is 0 Å². The zero-order valence-corrected chi connectivity index (χ0v) is 15.6. The Morgan fingerprint density at radius 2 is 1.58 bits per heavy atom. The number of carbonyl (C=O) groups is 2. The molecule has 1 amide bonds. The number of hydrogen-bond acceptors (Lipinski definition) is 4. The highest BCUT2D eigenvalue weighted by Gasteiger charge is 2.37. The lowest BCUT2D eigenvalue weighted by molar-refractivity contribution is -0.141. The molecule has 1 aliphatic heterocycles. The lowest BCUT2D eigenvalue weighted by Gasteiger charge is -2.35. The van der Waals surface area contributed by atoms with E-state index in [4.69, 9.17) is 5.11 Å². The van der Waals surface area contributed by atoms with E-state index in [0.717, 1.165) is 5.56 Å². The molecule has 1 aromatic rings. The van der Waals surface area contributed by atoms with Crippen LogP contribution in [0, 0.1) is 18.8 Å². The highest BCUT2D eigenvalue weighted by atomic mass is 32.2. The number of benzene rings is 1. The van der Waals surface area contributed by atoms with Gasteiger partial charge in [-0.05, 0) is 38.3 Å². The van der Waals surface area contributed by atoms with Crippen LogP contribution in [0.25, 0.3) is 0 Å². The number of amides is 1. The van der Waals surface area contributed by atoms with Gasteiger partial charge in [0.15, 0.2) is 0 Å². The molecule has 0 aromatic heterocycles. The number of sulfonamides is 1. The van der Waals surface area contributed by atoms with E-state index >= 15 is 0 Å². The average molecular weight is 380 g/mol. The second-order valence-electron chi connectivity index (χ2n) is 7.09. The van der Waals surface area contributed by atoms with E-state index in [1.807, 2.05) is 6.92 Å². The minimum atomic E-state index is -3.55. The maximum Gasteiger partial charge on any atom is 0.306 e. The summed E-state index contributed by atoms with van der Waals surface area (Å²) >= 11 is 0. The van der Waals surface area contributed by atoms with Crippen molar-refractivity contribution >= 4 is 21.9 Å². The first-order valence-corrected chi connectivity index (χ1v) is 10.3. The van der Waals surface area contributed by atoms with Crippen molar-refractivity contribution in [3.8, 4) is 0 Å². The van der Waals surface area contributed by atoms with Crippen LogP contribution in [0.1, 0.15) is 24.8 Å². The Morgan fingerprint density at radius 3 is 2.12 bits per heavy atom.